The summed E-state index contributed by atoms with van der Waals surface area (Å²) in [6, 6.07) is 8.26. The van der Waals surface area contributed by atoms with Gasteiger partial charge in [0.1, 0.15) is 17.6 Å². The van der Waals surface area contributed by atoms with Crippen LogP contribution in [0.5, 0.6) is 0 Å². The molecule has 1 aromatic carbocycles. The van der Waals surface area contributed by atoms with Crippen LogP contribution in [0.2, 0.25) is 0 Å². The highest BCUT2D eigenvalue weighted by atomic mass is 16.5. The van der Waals surface area contributed by atoms with Gasteiger partial charge in [-0.05, 0) is 44.0 Å². The smallest absolute Gasteiger partial charge is 0.295 e. The number of aliphatic hydroxyl groups is 1. The Morgan fingerprint density at radius 2 is 2.04 bits per heavy atom. The highest BCUT2D eigenvalue weighted by Crippen LogP contribution is 2.40. The molecular formula is C21H23NO5. The van der Waals surface area contributed by atoms with E-state index in [1.807, 2.05) is 32.0 Å². The molecule has 0 aliphatic carbocycles. The maximum atomic E-state index is 12.8. The van der Waals surface area contributed by atoms with Gasteiger partial charge in [-0.15, -0.1) is 0 Å². The lowest BCUT2D eigenvalue weighted by atomic mass is 9.96. The van der Waals surface area contributed by atoms with Crippen molar-refractivity contribution in [1.82, 2.24) is 4.90 Å². The summed E-state index contributed by atoms with van der Waals surface area (Å²) in [5.41, 5.74) is 2.37. The van der Waals surface area contributed by atoms with Crippen molar-refractivity contribution in [2.24, 2.45) is 0 Å². The number of ether oxygens (including phenoxy) is 1. The maximum Gasteiger partial charge on any atom is 0.295 e. The molecule has 142 valence electrons. The van der Waals surface area contributed by atoms with Crippen LogP contribution in [0.1, 0.15) is 34.9 Å². The van der Waals surface area contributed by atoms with Gasteiger partial charge in [-0.2, -0.15) is 0 Å². The van der Waals surface area contributed by atoms with Gasteiger partial charge in [-0.25, -0.2) is 0 Å². The molecule has 3 rings (SSSR count). The van der Waals surface area contributed by atoms with Gasteiger partial charge in [0, 0.05) is 25.8 Å². The van der Waals surface area contributed by atoms with Gasteiger partial charge in [0.05, 0.1) is 11.8 Å². The summed E-state index contributed by atoms with van der Waals surface area (Å²) in [6.45, 7) is 4.55. The summed E-state index contributed by atoms with van der Waals surface area (Å²) in [6.07, 6.45) is 2.06. The molecule has 1 unspecified atom stereocenters. The van der Waals surface area contributed by atoms with E-state index in [4.69, 9.17) is 9.15 Å². The molecular weight excluding hydrogens is 346 g/mol. The topological polar surface area (TPSA) is 80.0 Å². The van der Waals surface area contributed by atoms with Crippen molar-refractivity contribution in [2.75, 3.05) is 20.3 Å². The predicted octanol–water partition coefficient (Wildman–Crippen LogP) is 3.35. The van der Waals surface area contributed by atoms with Crippen LogP contribution in [0, 0.1) is 13.8 Å². The van der Waals surface area contributed by atoms with Crippen molar-refractivity contribution in [3.05, 3.63) is 64.6 Å². The lowest BCUT2D eigenvalue weighted by Crippen LogP contribution is -2.31. The normalized spacial score (nSPS) is 19.1. The number of furan rings is 1. The number of Topliss-reactive ketones (excluding diaryl/α,β-unsaturated/α-hetero) is 1. The van der Waals surface area contributed by atoms with Crippen LogP contribution < -0.4 is 0 Å². The SMILES string of the molecule is COCCCN1C(=O)C(=O)/C(=C(/O)c2cc(C)ccc2C)C1c1ccco1. The zero-order chi connectivity index (χ0) is 19.6. The maximum absolute atomic E-state index is 12.8. The van der Waals surface area contributed by atoms with E-state index in [2.05, 4.69) is 0 Å². The van der Waals surface area contributed by atoms with E-state index in [-0.39, 0.29) is 11.3 Å². The first-order chi connectivity index (χ1) is 13.0. The number of ketones is 1. The summed E-state index contributed by atoms with van der Waals surface area (Å²) in [5.74, 6) is -1.07. The standard InChI is InChI=1S/C21H23NO5/c1-13-7-8-14(2)15(12-13)19(23)17-18(16-6-4-11-27-16)22(9-5-10-26-3)21(25)20(17)24/h4,6-8,11-12,18,23H,5,9-10H2,1-3H3/b19-17+. The zero-order valence-corrected chi connectivity index (χ0v) is 15.7. The van der Waals surface area contributed by atoms with Crippen LogP contribution in [0.25, 0.3) is 5.76 Å². The molecule has 0 spiro atoms. The molecule has 1 N–H and O–H groups in total. The number of methoxy groups -OCH3 is 1. The predicted molar refractivity (Wildman–Crippen MR) is 100 cm³/mol. The first-order valence-corrected chi connectivity index (χ1v) is 8.84. The van der Waals surface area contributed by atoms with E-state index in [0.717, 1.165) is 11.1 Å². The van der Waals surface area contributed by atoms with E-state index in [1.54, 1.807) is 19.2 Å². The Kier molecular flexibility index (Phi) is 5.46. The number of amides is 1. The molecule has 1 aliphatic heterocycles. The number of nitrogens with zero attached hydrogens (tertiary/aromatic N) is 1. The van der Waals surface area contributed by atoms with E-state index in [9.17, 15) is 14.7 Å². The van der Waals surface area contributed by atoms with Gasteiger partial charge in [0.15, 0.2) is 0 Å². The van der Waals surface area contributed by atoms with Crippen molar-refractivity contribution in [3.63, 3.8) is 0 Å². The summed E-state index contributed by atoms with van der Waals surface area (Å²) < 4.78 is 10.6. The molecule has 6 heteroatoms. The molecule has 0 bridgehead atoms. The fourth-order valence-corrected chi connectivity index (χ4v) is 3.37. The van der Waals surface area contributed by atoms with Crippen molar-refractivity contribution in [2.45, 2.75) is 26.3 Å². The third-order valence-electron chi connectivity index (χ3n) is 4.75. The van der Waals surface area contributed by atoms with Gasteiger partial charge in [-0.3, -0.25) is 9.59 Å². The number of hydrogen-bond donors (Lipinski definition) is 1. The number of carbonyl (C=O) groups excluding carboxylic acids is 2. The monoisotopic (exact) mass is 369 g/mol. The molecule has 0 radical (unpaired) electrons. The number of benzene rings is 1. The Hall–Kier alpha value is -2.86. The highest BCUT2D eigenvalue weighted by molar-refractivity contribution is 6.46. The number of carbonyl (C=O) groups is 2. The molecule has 1 saturated heterocycles. The fraction of sp³-hybridized carbons (Fsp3) is 0.333. The molecule has 2 aromatic rings. The average Bonchev–Trinajstić information content (AvgIpc) is 3.25. The quantitative estimate of drug-likeness (QED) is 0.366. The lowest BCUT2D eigenvalue weighted by Gasteiger charge is -2.23. The van der Waals surface area contributed by atoms with E-state index >= 15 is 0 Å². The van der Waals surface area contributed by atoms with Crippen LogP contribution in [-0.2, 0) is 14.3 Å². The van der Waals surface area contributed by atoms with Gasteiger partial charge in [0.25, 0.3) is 11.7 Å². The second-order valence-electron chi connectivity index (χ2n) is 6.67. The Morgan fingerprint density at radius 1 is 1.26 bits per heavy atom. The largest absolute Gasteiger partial charge is 0.507 e. The fourth-order valence-electron chi connectivity index (χ4n) is 3.37. The van der Waals surface area contributed by atoms with E-state index in [0.29, 0.717) is 30.9 Å². The third kappa shape index (κ3) is 3.53. The van der Waals surface area contributed by atoms with Gasteiger partial charge in [0.2, 0.25) is 0 Å². The number of aryl methyl sites for hydroxylation is 2. The Bertz CT molecular complexity index is 882. The van der Waals surface area contributed by atoms with Crippen LogP contribution in [0.15, 0.2) is 46.6 Å². The van der Waals surface area contributed by atoms with Crippen molar-refractivity contribution >= 4 is 17.4 Å². The summed E-state index contributed by atoms with van der Waals surface area (Å²) in [5, 5.41) is 11.0. The molecule has 1 fully saturated rings. The second-order valence-corrected chi connectivity index (χ2v) is 6.67. The number of hydrogen-bond acceptors (Lipinski definition) is 5. The van der Waals surface area contributed by atoms with Crippen LogP contribution >= 0.6 is 0 Å². The van der Waals surface area contributed by atoms with Crippen molar-refractivity contribution in [1.29, 1.82) is 0 Å². The zero-order valence-electron chi connectivity index (χ0n) is 15.7. The molecule has 0 saturated carbocycles. The van der Waals surface area contributed by atoms with Crippen LogP contribution in [0.3, 0.4) is 0 Å². The summed E-state index contributed by atoms with van der Waals surface area (Å²) in [4.78, 5) is 26.9. The minimum atomic E-state index is -0.753. The Labute approximate surface area is 158 Å². The lowest BCUT2D eigenvalue weighted by molar-refractivity contribution is -0.140. The first kappa shape index (κ1) is 18.9. The van der Waals surface area contributed by atoms with E-state index < -0.39 is 17.7 Å². The highest BCUT2D eigenvalue weighted by Gasteiger charge is 2.47. The molecule has 1 aliphatic rings. The molecule has 1 aromatic heterocycles. The first-order valence-electron chi connectivity index (χ1n) is 8.84. The molecule has 6 nitrogen and oxygen atoms in total. The second kappa shape index (κ2) is 7.80. The third-order valence-corrected chi connectivity index (χ3v) is 4.75. The average molecular weight is 369 g/mol. The number of rotatable bonds is 6. The molecule has 27 heavy (non-hydrogen) atoms. The van der Waals surface area contributed by atoms with Crippen LogP contribution in [0.4, 0.5) is 0 Å². The van der Waals surface area contributed by atoms with Gasteiger partial charge < -0.3 is 19.2 Å². The van der Waals surface area contributed by atoms with Gasteiger partial charge in [-0.1, -0.05) is 17.7 Å². The number of aliphatic hydroxyl groups excluding tert-OH is 1. The summed E-state index contributed by atoms with van der Waals surface area (Å²) >= 11 is 0. The Morgan fingerprint density at radius 3 is 2.70 bits per heavy atom. The molecule has 1 atom stereocenters. The Balaban J connectivity index is 2.12. The van der Waals surface area contributed by atoms with E-state index in [1.165, 1.54) is 11.2 Å². The van der Waals surface area contributed by atoms with Crippen molar-refractivity contribution < 1.29 is 23.8 Å². The molecule has 1 amide bonds. The van der Waals surface area contributed by atoms with Gasteiger partial charge >= 0.3 is 0 Å². The number of likely N-dealkylation sites (tertiary alicyclic amines) is 1. The van der Waals surface area contributed by atoms with Crippen LogP contribution in [-0.4, -0.2) is 42.0 Å². The van der Waals surface area contributed by atoms with Crippen molar-refractivity contribution in [3.8, 4) is 0 Å². The minimum absolute atomic E-state index is 0.0565. The molecule has 2 heterocycles. The summed E-state index contributed by atoms with van der Waals surface area (Å²) in [7, 11) is 1.58. The minimum Gasteiger partial charge on any atom is -0.507 e.